The van der Waals surface area contributed by atoms with E-state index in [0.29, 0.717) is 18.1 Å². The van der Waals surface area contributed by atoms with Crippen LogP contribution < -0.4 is 5.43 Å². The molecule has 7 heteroatoms. The van der Waals surface area contributed by atoms with Crippen molar-refractivity contribution in [3.63, 3.8) is 0 Å². The van der Waals surface area contributed by atoms with E-state index in [1.807, 2.05) is 25.5 Å². The molecule has 0 saturated heterocycles. The number of fused-ring (bicyclic) bond motifs is 1. The van der Waals surface area contributed by atoms with Gasteiger partial charge in [0.05, 0.1) is 18.9 Å². The first-order valence-corrected chi connectivity index (χ1v) is 8.89. The van der Waals surface area contributed by atoms with E-state index in [9.17, 15) is 0 Å². The third-order valence-corrected chi connectivity index (χ3v) is 4.46. The Labute approximate surface area is 152 Å². The van der Waals surface area contributed by atoms with Crippen LogP contribution in [0, 0.1) is 0 Å². The van der Waals surface area contributed by atoms with Gasteiger partial charge in [-0.2, -0.15) is 9.89 Å². The summed E-state index contributed by atoms with van der Waals surface area (Å²) >= 11 is 0. The van der Waals surface area contributed by atoms with E-state index in [2.05, 4.69) is 55.8 Å². The third kappa shape index (κ3) is 3.33. The van der Waals surface area contributed by atoms with Crippen molar-refractivity contribution >= 4 is 12.0 Å². The Kier molecular flexibility index (Phi) is 4.43. The van der Waals surface area contributed by atoms with Crippen molar-refractivity contribution in [2.45, 2.75) is 39.7 Å². The molecule has 3 aromatic rings. The van der Waals surface area contributed by atoms with Gasteiger partial charge in [0, 0.05) is 12.6 Å². The first-order valence-electron chi connectivity index (χ1n) is 8.89. The van der Waals surface area contributed by atoms with E-state index >= 15 is 0 Å². The van der Waals surface area contributed by atoms with Crippen LogP contribution in [0.15, 0.2) is 35.6 Å². The van der Waals surface area contributed by atoms with Crippen molar-refractivity contribution in [3.8, 4) is 0 Å². The van der Waals surface area contributed by atoms with Gasteiger partial charge in [0.25, 0.3) is 0 Å². The zero-order valence-corrected chi connectivity index (χ0v) is 15.0. The molecule has 0 radical (unpaired) electrons. The van der Waals surface area contributed by atoms with E-state index in [0.717, 1.165) is 36.2 Å². The number of aryl methyl sites for hydroxylation is 2. The summed E-state index contributed by atoms with van der Waals surface area (Å²) in [5, 5.41) is 13.0. The molecule has 0 atom stereocenters. The summed E-state index contributed by atoms with van der Waals surface area (Å²) in [5.41, 5.74) is 8.81. The topological polar surface area (TPSA) is 80.9 Å². The van der Waals surface area contributed by atoms with Crippen molar-refractivity contribution in [1.29, 1.82) is 0 Å². The lowest BCUT2D eigenvalue weighted by Gasteiger charge is -2.10. The molecule has 2 aromatic heterocycles. The fourth-order valence-corrected chi connectivity index (χ4v) is 2.94. The average Bonchev–Trinajstić information content (AvgIpc) is 3.30. The molecule has 0 unspecified atom stereocenters. The number of rotatable bonds is 6. The molecule has 3 heterocycles. The number of aromatic nitrogens is 5. The molecule has 1 aromatic carbocycles. The van der Waals surface area contributed by atoms with Crippen LogP contribution in [-0.2, 0) is 25.8 Å². The Bertz CT molecular complexity index is 958. The number of nitrogens with one attached hydrogen (secondary N) is 1. The Morgan fingerprint density at radius 1 is 1.12 bits per heavy atom. The predicted octanol–water partition coefficient (Wildman–Crippen LogP) is 2.59. The van der Waals surface area contributed by atoms with Crippen molar-refractivity contribution in [1.82, 2.24) is 25.1 Å². The van der Waals surface area contributed by atoms with Gasteiger partial charge in [0.2, 0.25) is 0 Å². The molecule has 1 aliphatic rings. The van der Waals surface area contributed by atoms with Crippen LogP contribution in [0.2, 0.25) is 0 Å². The fourth-order valence-electron chi connectivity index (χ4n) is 2.94. The van der Waals surface area contributed by atoms with Crippen molar-refractivity contribution in [2.24, 2.45) is 4.99 Å². The third-order valence-electron chi connectivity index (χ3n) is 4.46. The number of aliphatic imine (C=N–C) groups is 1. The zero-order valence-electron chi connectivity index (χ0n) is 15.0. The van der Waals surface area contributed by atoms with Crippen LogP contribution >= 0.6 is 0 Å². The summed E-state index contributed by atoms with van der Waals surface area (Å²) < 4.78 is 0. The van der Waals surface area contributed by atoms with E-state index in [-0.39, 0.29) is 0 Å². The number of hydrogen-bond donors (Lipinski definition) is 1. The molecule has 0 fully saturated rings. The van der Waals surface area contributed by atoms with Crippen molar-refractivity contribution < 1.29 is 0 Å². The maximum absolute atomic E-state index is 4.68. The van der Waals surface area contributed by atoms with Gasteiger partial charge in [-0.25, -0.2) is 4.98 Å². The molecule has 1 N–H and O–H groups in total. The van der Waals surface area contributed by atoms with E-state index in [1.165, 1.54) is 11.1 Å². The lowest BCUT2D eigenvalue weighted by atomic mass is 10.0. The maximum atomic E-state index is 4.68. The molecule has 0 saturated carbocycles. The van der Waals surface area contributed by atoms with Crippen LogP contribution in [0.4, 0.5) is 5.82 Å². The molecule has 132 valence electrons. The molecular formula is C19H21N7. The molecule has 0 spiro atoms. The number of nitrogens with zero attached hydrogens (tertiary/aromatic N) is 6. The largest absolute Gasteiger partial charge is 0.288 e. The second-order valence-corrected chi connectivity index (χ2v) is 6.32. The van der Waals surface area contributed by atoms with Gasteiger partial charge in [0.1, 0.15) is 5.69 Å². The first-order chi connectivity index (χ1) is 12.7. The van der Waals surface area contributed by atoms with Gasteiger partial charge in [0.15, 0.2) is 11.6 Å². The molecule has 0 bridgehead atoms. The standard InChI is InChI=1S/C19H21N7/c1-3-13-9-21-26(12-13)25-19-17(4-2)23-24-18(22-19)8-14-5-6-15-10-20-11-16(15)7-14/h5-7,9,11-12H,3-4,8,10H2,1-2H3,(H,22,24,25). The molecule has 0 amide bonds. The first kappa shape index (κ1) is 16.4. The second-order valence-electron chi connectivity index (χ2n) is 6.32. The lowest BCUT2D eigenvalue weighted by Crippen LogP contribution is -2.15. The van der Waals surface area contributed by atoms with Gasteiger partial charge in [-0.1, -0.05) is 26.0 Å². The maximum Gasteiger partial charge on any atom is 0.172 e. The summed E-state index contributed by atoms with van der Waals surface area (Å²) in [6, 6.07) is 6.39. The summed E-state index contributed by atoms with van der Waals surface area (Å²) in [5.74, 6) is 1.38. The van der Waals surface area contributed by atoms with Gasteiger partial charge in [-0.05, 0) is 41.2 Å². The second kappa shape index (κ2) is 7.03. The summed E-state index contributed by atoms with van der Waals surface area (Å²) in [4.78, 5) is 10.7. The van der Waals surface area contributed by atoms with Crippen molar-refractivity contribution in [2.75, 3.05) is 5.43 Å². The van der Waals surface area contributed by atoms with Crippen LogP contribution in [0.1, 0.15) is 47.6 Å². The summed E-state index contributed by atoms with van der Waals surface area (Å²) in [6.07, 6.45) is 8.05. The Hall–Kier alpha value is -3.09. The van der Waals surface area contributed by atoms with Gasteiger partial charge in [-0.15, -0.1) is 10.2 Å². The summed E-state index contributed by atoms with van der Waals surface area (Å²) in [6.45, 7) is 4.91. The van der Waals surface area contributed by atoms with E-state index in [4.69, 9.17) is 0 Å². The number of anilines is 1. The zero-order chi connectivity index (χ0) is 17.9. The fraction of sp³-hybridized carbons (Fsp3) is 0.316. The highest BCUT2D eigenvalue weighted by atomic mass is 15.6. The smallest absolute Gasteiger partial charge is 0.172 e. The minimum Gasteiger partial charge on any atom is -0.288 e. The van der Waals surface area contributed by atoms with Gasteiger partial charge in [-0.3, -0.25) is 10.4 Å². The molecule has 0 aliphatic carbocycles. The van der Waals surface area contributed by atoms with Crippen LogP contribution in [-0.4, -0.2) is 31.3 Å². The van der Waals surface area contributed by atoms with Crippen molar-refractivity contribution in [3.05, 3.63) is 64.4 Å². The highest BCUT2D eigenvalue weighted by Crippen LogP contribution is 2.18. The quantitative estimate of drug-likeness (QED) is 0.741. The SMILES string of the molecule is CCc1cnn(Nc2nc(Cc3ccc4c(c3)C=NC4)nnc2CC)c1. The van der Waals surface area contributed by atoms with Gasteiger partial charge < -0.3 is 0 Å². The predicted molar refractivity (Wildman–Crippen MR) is 100 cm³/mol. The summed E-state index contributed by atoms with van der Waals surface area (Å²) in [7, 11) is 0. The van der Waals surface area contributed by atoms with Crippen LogP contribution in [0.25, 0.3) is 0 Å². The Morgan fingerprint density at radius 2 is 2.04 bits per heavy atom. The lowest BCUT2D eigenvalue weighted by molar-refractivity contribution is 0.758. The van der Waals surface area contributed by atoms with Crippen LogP contribution in [0.3, 0.4) is 0 Å². The highest BCUT2D eigenvalue weighted by molar-refractivity contribution is 5.84. The molecule has 1 aliphatic heterocycles. The molecular weight excluding hydrogens is 326 g/mol. The molecule has 26 heavy (non-hydrogen) atoms. The van der Waals surface area contributed by atoms with E-state index in [1.54, 1.807) is 4.79 Å². The van der Waals surface area contributed by atoms with Crippen LogP contribution in [0.5, 0.6) is 0 Å². The Morgan fingerprint density at radius 3 is 2.85 bits per heavy atom. The molecule has 7 nitrogen and oxygen atoms in total. The number of benzene rings is 1. The Balaban J connectivity index is 1.58. The normalized spacial score (nSPS) is 12.4. The van der Waals surface area contributed by atoms with Gasteiger partial charge >= 0.3 is 0 Å². The monoisotopic (exact) mass is 347 g/mol. The average molecular weight is 347 g/mol. The highest BCUT2D eigenvalue weighted by Gasteiger charge is 2.11. The minimum atomic E-state index is 0.631. The van der Waals surface area contributed by atoms with E-state index < -0.39 is 0 Å². The number of hydrogen-bond acceptors (Lipinski definition) is 6. The molecule has 4 rings (SSSR count). The minimum absolute atomic E-state index is 0.631.